The van der Waals surface area contributed by atoms with Gasteiger partial charge in [0.2, 0.25) is 0 Å². The van der Waals surface area contributed by atoms with Crippen molar-refractivity contribution in [2.45, 2.75) is 6.61 Å². The molecule has 2 heterocycles. The zero-order valence-corrected chi connectivity index (χ0v) is 13.5. The van der Waals surface area contributed by atoms with E-state index in [9.17, 15) is 4.79 Å². The normalized spacial score (nSPS) is 14.5. The van der Waals surface area contributed by atoms with Crippen molar-refractivity contribution in [3.05, 3.63) is 76.2 Å². The van der Waals surface area contributed by atoms with Crippen molar-refractivity contribution in [2.24, 2.45) is 0 Å². The van der Waals surface area contributed by atoms with E-state index in [1.165, 1.54) is 0 Å². The van der Waals surface area contributed by atoms with E-state index in [-0.39, 0.29) is 5.97 Å². The third-order valence-corrected chi connectivity index (χ3v) is 4.30. The molecule has 0 fully saturated rings. The Hall–Kier alpha value is -2.92. The van der Waals surface area contributed by atoms with Crippen LogP contribution in [0.4, 0.5) is 0 Å². The lowest BCUT2D eigenvalue weighted by molar-refractivity contribution is -0.126. The fraction of sp³-hybridized carbons (Fsp3) is 0.0526. The quantitative estimate of drug-likeness (QED) is 0.408. The van der Waals surface area contributed by atoms with Gasteiger partial charge in [0.25, 0.3) is 0 Å². The summed E-state index contributed by atoms with van der Waals surface area (Å²) in [5.41, 5.74) is 5.01. The highest BCUT2D eigenvalue weighted by atomic mass is 32.1. The first-order valence-corrected chi connectivity index (χ1v) is 8.37. The Morgan fingerprint density at radius 1 is 1.12 bits per heavy atom. The summed E-state index contributed by atoms with van der Waals surface area (Å²) in [7, 11) is 0. The fourth-order valence-corrected chi connectivity index (χ4v) is 3.02. The van der Waals surface area contributed by atoms with E-state index in [0.29, 0.717) is 17.9 Å². The van der Waals surface area contributed by atoms with Crippen molar-refractivity contribution in [2.75, 3.05) is 0 Å². The number of hydrogen-bond donors (Lipinski definition) is 0. The van der Waals surface area contributed by atoms with E-state index >= 15 is 0 Å². The molecule has 1 aliphatic rings. The fourth-order valence-electron chi connectivity index (χ4n) is 2.47. The van der Waals surface area contributed by atoms with Gasteiger partial charge < -0.3 is 9.47 Å². The molecule has 24 heavy (non-hydrogen) atoms. The summed E-state index contributed by atoms with van der Waals surface area (Å²) in [6.45, 7) is 0.448. The highest BCUT2D eigenvalue weighted by molar-refractivity contribution is 7.07. The summed E-state index contributed by atoms with van der Waals surface area (Å²) < 4.78 is 10.9. The molecule has 0 atom stereocenters. The summed E-state index contributed by atoms with van der Waals surface area (Å²) in [5.74, 6) is 1.05. The summed E-state index contributed by atoms with van der Waals surface area (Å²) in [5, 5.41) is 1.96. The van der Waals surface area contributed by atoms with E-state index in [2.05, 4.69) is 4.98 Å². The van der Waals surface area contributed by atoms with Gasteiger partial charge in [0, 0.05) is 10.9 Å². The standard InChI is InChI=1S/C19H13NO3S/c21-19-17(16-3-1-2-4-18(16)23-19)9-13-5-7-15(8-6-13)22-10-14-11-24-12-20-14/h1-9,11-12H,10H2/b17-9-. The summed E-state index contributed by atoms with van der Waals surface area (Å²) in [6.07, 6.45) is 1.83. The van der Waals surface area contributed by atoms with Crippen LogP contribution in [0, 0.1) is 0 Å². The van der Waals surface area contributed by atoms with E-state index in [1.54, 1.807) is 22.9 Å². The van der Waals surface area contributed by atoms with Crippen LogP contribution in [0.1, 0.15) is 16.8 Å². The van der Waals surface area contributed by atoms with E-state index < -0.39 is 0 Å². The number of carbonyl (C=O) groups excluding carboxylic acids is 1. The molecule has 2 aromatic carbocycles. The Morgan fingerprint density at radius 3 is 2.75 bits per heavy atom. The summed E-state index contributed by atoms with van der Waals surface area (Å²) >= 11 is 1.55. The number of esters is 1. The average molecular weight is 335 g/mol. The molecule has 0 radical (unpaired) electrons. The van der Waals surface area contributed by atoms with Crippen LogP contribution >= 0.6 is 11.3 Å². The highest BCUT2D eigenvalue weighted by Crippen LogP contribution is 2.35. The molecule has 118 valence electrons. The second kappa shape index (κ2) is 6.29. The molecule has 0 amide bonds. The van der Waals surface area contributed by atoms with Crippen LogP contribution in [0.3, 0.4) is 0 Å². The predicted molar refractivity (Wildman–Crippen MR) is 92.8 cm³/mol. The summed E-state index contributed by atoms with van der Waals surface area (Å²) in [6, 6.07) is 15.0. The van der Waals surface area contributed by atoms with E-state index in [4.69, 9.17) is 9.47 Å². The summed E-state index contributed by atoms with van der Waals surface area (Å²) in [4.78, 5) is 16.2. The Balaban J connectivity index is 1.52. The van der Waals surface area contributed by atoms with Gasteiger partial charge in [-0.15, -0.1) is 11.3 Å². The van der Waals surface area contributed by atoms with Gasteiger partial charge in [0.15, 0.2) is 0 Å². The van der Waals surface area contributed by atoms with Gasteiger partial charge in [-0.05, 0) is 29.8 Å². The maximum Gasteiger partial charge on any atom is 0.344 e. The van der Waals surface area contributed by atoms with Crippen molar-refractivity contribution in [3.63, 3.8) is 0 Å². The van der Waals surface area contributed by atoms with Crippen molar-refractivity contribution >= 4 is 29.0 Å². The van der Waals surface area contributed by atoms with Gasteiger partial charge in [0.05, 0.1) is 16.8 Å². The molecular weight excluding hydrogens is 322 g/mol. The van der Waals surface area contributed by atoms with Crippen LogP contribution < -0.4 is 9.47 Å². The lowest BCUT2D eigenvalue weighted by Gasteiger charge is -2.04. The molecule has 0 N–H and O–H groups in total. The first-order chi connectivity index (χ1) is 11.8. The molecule has 4 nitrogen and oxygen atoms in total. The van der Waals surface area contributed by atoms with Gasteiger partial charge >= 0.3 is 5.97 Å². The molecule has 0 saturated carbocycles. The zero-order valence-electron chi connectivity index (χ0n) is 12.6. The first kappa shape index (κ1) is 14.7. The van der Waals surface area contributed by atoms with Crippen molar-refractivity contribution in [1.82, 2.24) is 4.98 Å². The number of fused-ring (bicyclic) bond motifs is 1. The smallest absolute Gasteiger partial charge is 0.344 e. The molecule has 0 saturated heterocycles. The SMILES string of the molecule is O=C1Oc2ccccc2/C1=C/c1ccc(OCc2cscn2)cc1. The lowest BCUT2D eigenvalue weighted by atomic mass is 10.0. The van der Waals surface area contributed by atoms with Gasteiger partial charge in [-0.25, -0.2) is 9.78 Å². The third kappa shape index (κ3) is 2.94. The maximum atomic E-state index is 12.0. The molecule has 0 spiro atoms. The third-order valence-electron chi connectivity index (χ3n) is 3.66. The number of carbonyl (C=O) groups is 1. The molecule has 0 bridgehead atoms. The number of benzene rings is 2. The Kier molecular flexibility index (Phi) is 3.84. The minimum absolute atomic E-state index is 0.319. The number of nitrogens with zero attached hydrogens (tertiary/aromatic N) is 1. The molecule has 5 heteroatoms. The van der Waals surface area contributed by atoms with Crippen LogP contribution in [0.25, 0.3) is 11.6 Å². The molecule has 3 aromatic rings. The lowest BCUT2D eigenvalue weighted by Crippen LogP contribution is -2.00. The average Bonchev–Trinajstić information content (AvgIpc) is 3.23. The predicted octanol–water partition coefficient (Wildman–Crippen LogP) is 4.18. The second-order valence-electron chi connectivity index (χ2n) is 5.28. The van der Waals surface area contributed by atoms with Crippen molar-refractivity contribution in [3.8, 4) is 11.5 Å². The van der Waals surface area contributed by atoms with Gasteiger partial charge in [-0.1, -0.05) is 30.3 Å². The number of thiazole rings is 1. The number of aromatic nitrogens is 1. The molecule has 1 aliphatic heterocycles. The monoisotopic (exact) mass is 335 g/mol. The Labute approximate surface area is 143 Å². The molecule has 0 unspecified atom stereocenters. The largest absolute Gasteiger partial charge is 0.487 e. The zero-order chi connectivity index (χ0) is 16.4. The van der Waals surface area contributed by atoms with Gasteiger partial charge in [0.1, 0.15) is 18.1 Å². The Bertz CT molecular complexity index is 899. The Morgan fingerprint density at radius 2 is 1.96 bits per heavy atom. The highest BCUT2D eigenvalue weighted by Gasteiger charge is 2.25. The maximum absolute atomic E-state index is 12.0. The molecule has 0 aliphatic carbocycles. The number of hydrogen-bond acceptors (Lipinski definition) is 5. The van der Waals surface area contributed by atoms with Gasteiger partial charge in [-0.3, -0.25) is 0 Å². The van der Waals surface area contributed by atoms with Crippen molar-refractivity contribution in [1.29, 1.82) is 0 Å². The van der Waals surface area contributed by atoms with Crippen LogP contribution in [0.5, 0.6) is 11.5 Å². The van der Waals surface area contributed by atoms with Crippen LogP contribution in [0.2, 0.25) is 0 Å². The van der Waals surface area contributed by atoms with Crippen LogP contribution in [0.15, 0.2) is 59.4 Å². The van der Waals surface area contributed by atoms with Crippen molar-refractivity contribution < 1.29 is 14.3 Å². The van der Waals surface area contributed by atoms with Crippen LogP contribution in [-0.4, -0.2) is 11.0 Å². The second-order valence-corrected chi connectivity index (χ2v) is 6.00. The minimum Gasteiger partial charge on any atom is -0.487 e. The number of rotatable bonds is 4. The molecular formula is C19H13NO3S. The van der Waals surface area contributed by atoms with E-state index in [1.807, 2.05) is 53.9 Å². The van der Waals surface area contributed by atoms with Crippen LogP contribution in [-0.2, 0) is 11.4 Å². The number of para-hydroxylation sites is 1. The molecule has 4 rings (SSSR count). The van der Waals surface area contributed by atoms with Gasteiger partial charge in [-0.2, -0.15) is 0 Å². The number of ether oxygens (including phenoxy) is 2. The van der Waals surface area contributed by atoms with E-state index in [0.717, 1.165) is 22.6 Å². The topological polar surface area (TPSA) is 48.4 Å². The molecule has 1 aromatic heterocycles. The minimum atomic E-state index is -0.319. The first-order valence-electron chi connectivity index (χ1n) is 7.43.